The zero-order valence-electron chi connectivity index (χ0n) is 16.7. The highest BCUT2D eigenvalue weighted by Crippen LogP contribution is 2.25. The molecule has 0 spiro atoms. The number of nitrogens with zero attached hydrogens (tertiary/aromatic N) is 2. The van der Waals surface area contributed by atoms with Gasteiger partial charge in [0.05, 0.1) is 11.7 Å². The van der Waals surface area contributed by atoms with Crippen LogP contribution in [0.15, 0.2) is 65.7 Å². The summed E-state index contributed by atoms with van der Waals surface area (Å²) in [4.78, 5) is 31.2. The molecule has 0 aliphatic heterocycles. The molecular formula is C23H21N3O3S. The number of anilines is 1. The number of nitrogens with one attached hydrogen (secondary N) is 1. The molecule has 0 radical (unpaired) electrons. The molecule has 4 aromatic rings. The number of carbonyl (C=O) groups is 1. The van der Waals surface area contributed by atoms with Gasteiger partial charge in [-0.05, 0) is 55.8 Å². The molecule has 2 aromatic heterocycles. The minimum Gasteiger partial charge on any atom is -0.457 e. The fraction of sp³-hybridized carbons (Fsp3) is 0.174. The Labute approximate surface area is 177 Å². The van der Waals surface area contributed by atoms with Crippen molar-refractivity contribution in [1.29, 1.82) is 0 Å². The average Bonchev–Trinajstić information content (AvgIpc) is 3.04. The fourth-order valence-electron chi connectivity index (χ4n) is 3.11. The summed E-state index contributed by atoms with van der Waals surface area (Å²) in [6.07, 6.45) is 1.70. The Morgan fingerprint density at radius 3 is 2.50 bits per heavy atom. The second-order valence-corrected chi connectivity index (χ2v) is 8.15. The van der Waals surface area contributed by atoms with Crippen LogP contribution in [0.1, 0.15) is 16.9 Å². The monoisotopic (exact) mass is 419 g/mol. The Morgan fingerprint density at radius 1 is 1.07 bits per heavy atom. The van der Waals surface area contributed by atoms with Gasteiger partial charge in [-0.3, -0.25) is 14.2 Å². The first-order valence-corrected chi connectivity index (χ1v) is 10.4. The van der Waals surface area contributed by atoms with Gasteiger partial charge in [-0.15, -0.1) is 11.3 Å². The molecule has 0 saturated carbocycles. The largest absolute Gasteiger partial charge is 0.457 e. The molecule has 0 fully saturated rings. The van der Waals surface area contributed by atoms with Gasteiger partial charge in [0.25, 0.3) is 5.56 Å². The van der Waals surface area contributed by atoms with Crippen LogP contribution >= 0.6 is 11.3 Å². The fourth-order valence-corrected chi connectivity index (χ4v) is 4.09. The average molecular weight is 420 g/mol. The molecule has 7 heteroatoms. The van der Waals surface area contributed by atoms with Crippen LogP contribution < -0.4 is 15.6 Å². The molecule has 2 heterocycles. The van der Waals surface area contributed by atoms with Gasteiger partial charge in [-0.1, -0.05) is 18.2 Å². The molecule has 0 atom stereocenters. The van der Waals surface area contributed by atoms with E-state index in [0.29, 0.717) is 16.8 Å². The van der Waals surface area contributed by atoms with Crippen molar-refractivity contribution in [3.63, 3.8) is 0 Å². The van der Waals surface area contributed by atoms with Crippen LogP contribution in [0.3, 0.4) is 0 Å². The number of carbonyl (C=O) groups excluding carboxylic acids is 1. The molecular weight excluding hydrogens is 398 g/mol. The van der Waals surface area contributed by atoms with E-state index in [-0.39, 0.29) is 24.4 Å². The Kier molecular flexibility index (Phi) is 5.63. The van der Waals surface area contributed by atoms with E-state index in [9.17, 15) is 9.59 Å². The van der Waals surface area contributed by atoms with Crippen molar-refractivity contribution >= 4 is 33.1 Å². The lowest BCUT2D eigenvalue weighted by Gasteiger charge is -2.09. The molecule has 1 N–H and O–H groups in total. The maximum atomic E-state index is 12.7. The normalized spacial score (nSPS) is 10.9. The van der Waals surface area contributed by atoms with Crippen LogP contribution in [0.5, 0.6) is 11.5 Å². The number of para-hydroxylation sites is 1. The Morgan fingerprint density at radius 2 is 1.77 bits per heavy atom. The van der Waals surface area contributed by atoms with Crippen molar-refractivity contribution in [3.8, 4) is 11.5 Å². The van der Waals surface area contributed by atoms with Crippen LogP contribution in [0.25, 0.3) is 10.2 Å². The lowest BCUT2D eigenvalue weighted by atomic mass is 10.2. The number of aromatic nitrogens is 2. The van der Waals surface area contributed by atoms with Gasteiger partial charge in [-0.25, -0.2) is 4.98 Å². The third-order valence-electron chi connectivity index (χ3n) is 4.85. The van der Waals surface area contributed by atoms with E-state index >= 15 is 0 Å². The first-order valence-electron chi connectivity index (χ1n) is 9.59. The first kappa shape index (κ1) is 19.8. The van der Waals surface area contributed by atoms with Crippen molar-refractivity contribution in [2.45, 2.75) is 26.8 Å². The standard InChI is InChI=1S/C23H21N3O3S/c1-15-16(2)30-22-21(15)23(28)26(14-24-22)13-12-20(27)25-17-8-10-19(11-9-17)29-18-6-4-3-5-7-18/h3-11,14H,12-13H2,1-2H3,(H,25,27). The van der Waals surface area contributed by atoms with Gasteiger partial charge in [0.1, 0.15) is 16.3 Å². The summed E-state index contributed by atoms with van der Waals surface area (Å²) in [5.74, 6) is 1.27. The van der Waals surface area contributed by atoms with Gasteiger partial charge in [0.2, 0.25) is 5.91 Å². The van der Waals surface area contributed by atoms with Gasteiger partial charge < -0.3 is 10.1 Å². The third kappa shape index (κ3) is 4.26. The maximum absolute atomic E-state index is 12.7. The lowest BCUT2D eigenvalue weighted by molar-refractivity contribution is -0.116. The summed E-state index contributed by atoms with van der Waals surface area (Å²) in [5.41, 5.74) is 1.53. The van der Waals surface area contributed by atoms with E-state index in [0.717, 1.165) is 21.0 Å². The van der Waals surface area contributed by atoms with Gasteiger partial charge in [0.15, 0.2) is 0 Å². The highest BCUT2D eigenvalue weighted by Gasteiger charge is 2.13. The van der Waals surface area contributed by atoms with Crippen molar-refractivity contribution in [2.24, 2.45) is 0 Å². The van der Waals surface area contributed by atoms with Gasteiger partial charge >= 0.3 is 0 Å². The van der Waals surface area contributed by atoms with E-state index in [1.165, 1.54) is 22.2 Å². The molecule has 0 bridgehead atoms. The zero-order valence-corrected chi connectivity index (χ0v) is 17.5. The second kappa shape index (κ2) is 8.51. The molecule has 6 nitrogen and oxygen atoms in total. The minimum absolute atomic E-state index is 0.0999. The van der Waals surface area contributed by atoms with Crippen LogP contribution in [0, 0.1) is 13.8 Å². The topological polar surface area (TPSA) is 73.2 Å². The van der Waals surface area contributed by atoms with Gasteiger partial charge in [0, 0.05) is 23.5 Å². The summed E-state index contributed by atoms with van der Waals surface area (Å²) >= 11 is 1.52. The number of hydrogen-bond acceptors (Lipinski definition) is 5. The molecule has 0 unspecified atom stereocenters. The highest BCUT2D eigenvalue weighted by molar-refractivity contribution is 7.18. The molecule has 30 heavy (non-hydrogen) atoms. The maximum Gasteiger partial charge on any atom is 0.262 e. The lowest BCUT2D eigenvalue weighted by Crippen LogP contribution is -2.23. The summed E-state index contributed by atoms with van der Waals surface area (Å²) < 4.78 is 7.24. The summed E-state index contributed by atoms with van der Waals surface area (Å²) in [5, 5.41) is 3.49. The smallest absolute Gasteiger partial charge is 0.262 e. The zero-order chi connectivity index (χ0) is 21.1. The number of benzene rings is 2. The van der Waals surface area contributed by atoms with Crippen LogP contribution in [-0.2, 0) is 11.3 Å². The van der Waals surface area contributed by atoms with Gasteiger partial charge in [-0.2, -0.15) is 0 Å². The Bertz CT molecular complexity index is 1240. The SMILES string of the molecule is Cc1sc2ncn(CCC(=O)Nc3ccc(Oc4ccccc4)cc3)c(=O)c2c1C. The van der Waals surface area contributed by atoms with Crippen LogP contribution in [-0.4, -0.2) is 15.5 Å². The first-order chi connectivity index (χ1) is 14.5. The molecule has 0 aliphatic carbocycles. The summed E-state index contributed by atoms with van der Waals surface area (Å²) in [6, 6.07) is 16.7. The van der Waals surface area contributed by atoms with E-state index in [4.69, 9.17) is 4.74 Å². The molecule has 4 rings (SSSR count). The predicted octanol–water partition coefficient (Wildman–Crippen LogP) is 4.90. The van der Waals surface area contributed by atoms with Crippen LogP contribution in [0.4, 0.5) is 5.69 Å². The summed E-state index contributed by atoms with van der Waals surface area (Å²) in [7, 11) is 0. The molecule has 2 aromatic carbocycles. The molecule has 152 valence electrons. The van der Waals surface area contributed by atoms with E-state index in [1.807, 2.05) is 44.2 Å². The van der Waals surface area contributed by atoms with E-state index in [1.54, 1.807) is 24.3 Å². The van der Waals surface area contributed by atoms with Crippen LogP contribution in [0.2, 0.25) is 0 Å². The highest BCUT2D eigenvalue weighted by atomic mass is 32.1. The number of hydrogen-bond donors (Lipinski definition) is 1. The van der Waals surface area contributed by atoms with Crippen molar-refractivity contribution in [1.82, 2.24) is 9.55 Å². The van der Waals surface area contributed by atoms with Crippen molar-refractivity contribution < 1.29 is 9.53 Å². The molecule has 0 saturated heterocycles. The van der Waals surface area contributed by atoms with E-state index in [2.05, 4.69) is 10.3 Å². The number of aryl methyl sites for hydroxylation is 3. The molecule has 1 amide bonds. The Balaban J connectivity index is 1.37. The number of fused-ring (bicyclic) bond motifs is 1. The number of thiophene rings is 1. The third-order valence-corrected chi connectivity index (χ3v) is 5.97. The number of ether oxygens (including phenoxy) is 1. The van der Waals surface area contributed by atoms with Crippen molar-refractivity contribution in [2.75, 3.05) is 5.32 Å². The number of amides is 1. The quantitative estimate of drug-likeness (QED) is 0.483. The molecule has 0 aliphatic rings. The minimum atomic E-state index is -0.169. The predicted molar refractivity (Wildman–Crippen MR) is 120 cm³/mol. The van der Waals surface area contributed by atoms with E-state index < -0.39 is 0 Å². The Hall–Kier alpha value is -3.45. The second-order valence-electron chi connectivity index (χ2n) is 6.94. The van der Waals surface area contributed by atoms with Crippen molar-refractivity contribution in [3.05, 3.63) is 81.7 Å². The summed E-state index contributed by atoms with van der Waals surface area (Å²) in [6.45, 7) is 4.19. The number of rotatable bonds is 6.